The van der Waals surface area contributed by atoms with E-state index >= 15 is 0 Å². The van der Waals surface area contributed by atoms with Crippen molar-refractivity contribution in [1.82, 2.24) is 14.9 Å². The third-order valence-electron chi connectivity index (χ3n) is 5.28. The van der Waals surface area contributed by atoms with Crippen LogP contribution >= 0.6 is 0 Å². The Hall–Kier alpha value is -4.01. The van der Waals surface area contributed by atoms with Crippen LogP contribution in [0.3, 0.4) is 0 Å². The van der Waals surface area contributed by atoms with Crippen molar-refractivity contribution in [3.63, 3.8) is 0 Å². The van der Waals surface area contributed by atoms with Crippen molar-refractivity contribution in [2.24, 2.45) is 0 Å². The van der Waals surface area contributed by atoms with Gasteiger partial charge in [0, 0.05) is 18.5 Å². The molecule has 9 nitrogen and oxygen atoms in total. The highest BCUT2D eigenvalue weighted by Crippen LogP contribution is 2.34. The molecule has 9 heteroatoms. The highest BCUT2D eigenvalue weighted by Gasteiger charge is 2.32. The summed E-state index contributed by atoms with van der Waals surface area (Å²) in [7, 11) is 4.78. The summed E-state index contributed by atoms with van der Waals surface area (Å²) in [5.41, 5.74) is 3.50. The number of nitrogens with zero attached hydrogens (tertiary/aromatic N) is 2. The Morgan fingerprint density at radius 2 is 1.75 bits per heavy atom. The first kappa shape index (κ1) is 22.7. The largest absolute Gasteiger partial charge is 0.497 e. The molecule has 1 aliphatic rings. The lowest BCUT2D eigenvalue weighted by atomic mass is 9.90. The summed E-state index contributed by atoms with van der Waals surface area (Å²) in [6.45, 7) is 0.744. The third-order valence-corrected chi connectivity index (χ3v) is 5.28. The molecule has 0 spiro atoms. The number of hydrogen-bond donors (Lipinski definition) is 2. The molecule has 168 valence electrons. The molecular weight excluding hydrogens is 414 g/mol. The predicted octanol–water partition coefficient (Wildman–Crippen LogP) is 2.92. The van der Waals surface area contributed by atoms with E-state index in [1.165, 1.54) is 0 Å². The normalized spacial score (nSPS) is 14.5. The lowest BCUT2D eigenvalue weighted by Gasteiger charge is -2.32. The topological polar surface area (TPSA) is 114 Å². The van der Waals surface area contributed by atoms with E-state index < -0.39 is 0 Å². The zero-order chi connectivity index (χ0) is 23.1. The first-order valence-electron chi connectivity index (χ1n) is 9.81. The minimum Gasteiger partial charge on any atom is -0.497 e. The standard InChI is InChI=1S/C22H23N3O4.CH2O2/c1-27-15-6-4-14(5-7-15)18-11-25(12-19-21(18)24-13-23-19)22(26)17-9-8-16(28-2)10-20(17)29-3;2-1-3/h4-10,13,18H,11-12H2,1-3H3,(H,23,24);1H,(H,2,3). The van der Waals surface area contributed by atoms with Crippen LogP contribution in [-0.2, 0) is 11.3 Å². The lowest BCUT2D eigenvalue weighted by Crippen LogP contribution is -2.38. The first-order valence-corrected chi connectivity index (χ1v) is 9.81. The van der Waals surface area contributed by atoms with Gasteiger partial charge >= 0.3 is 0 Å². The van der Waals surface area contributed by atoms with Gasteiger partial charge in [0.05, 0.1) is 51.2 Å². The van der Waals surface area contributed by atoms with Crippen molar-refractivity contribution < 1.29 is 28.9 Å². The first-order chi connectivity index (χ1) is 15.6. The fraction of sp³-hybridized carbons (Fsp3) is 0.261. The number of H-pyrrole nitrogens is 1. The van der Waals surface area contributed by atoms with Crippen LogP contribution in [0.2, 0.25) is 0 Å². The number of rotatable bonds is 5. The third kappa shape index (κ3) is 4.66. The summed E-state index contributed by atoms with van der Waals surface area (Å²) in [6.07, 6.45) is 1.68. The lowest BCUT2D eigenvalue weighted by molar-refractivity contribution is -0.122. The van der Waals surface area contributed by atoms with Gasteiger partial charge in [-0.2, -0.15) is 0 Å². The van der Waals surface area contributed by atoms with Crippen molar-refractivity contribution in [1.29, 1.82) is 0 Å². The molecule has 0 saturated heterocycles. The molecule has 1 unspecified atom stereocenters. The smallest absolute Gasteiger partial charge is 0.290 e. The van der Waals surface area contributed by atoms with Crippen molar-refractivity contribution in [2.45, 2.75) is 12.5 Å². The number of methoxy groups -OCH3 is 3. The molecule has 0 saturated carbocycles. The number of aromatic amines is 1. The molecule has 2 heterocycles. The number of amides is 1. The second-order valence-electron chi connectivity index (χ2n) is 6.95. The Morgan fingerprint density at radius 1 is 1.09 bits per heavy atom. The Balaban J connectivity index is 0.000000913. The van der Waals surface area contributed by atoms with Crippen molar-refractivity contribution in [3.05, 3.63) is 71.3 Å². The monoisotopic (exact) mass is 439 g/mol. The van der Waals surface area contributed by atoms with Gasteiger partial charge in [-0.3, -0.25) is 9.59 Å². The molecule has 32 heavy (non-hydrogen) atoms. The van der Waals surface area contributed by atoms with Gasteiger partial charge in [0.15, 0.2) is 0 Å². The molecule has 2 aromatic carbocycles. The van der Waals surface area contributed by atoms with Gasteiger partial charge in [-0.1, -0.05) is 12.1 Å². The van der Waals surface area contributed by atoms with Gasteiger partial charge in [0.25, 0.3) is 12.4 Å². The van der Waals surface area contributed by atoms with Gasteiger partial charge < -0.3 is 29.2 Å². The molecule has 2 N–H and O–H groups in total. The second kappa shape index (κ2) is 10.3. The Kier molecular flexibility index (Phi) is 7.33. The second-order valence-corrected chi connectivity index (χ2v) is 6.95. The number of carbonyl (C=O) groups is 2. The highest BCUT2D eigenvalue weighted by atomic mass is 16.5. The average Bonchev–Trinajstić information content (AvgIpc) is 3.32. The number of nitrogens with one attached hydrogen (secondary N) is 1. The summed E-state index contributed by atoms with van der Waals surface area (Å²) in [5, 5.41) is 6.89. The number of aromatic nitrogens is 2. The predicted molar refractivity (Wildman–Crippen MR) is 116 cm³/mol. The SMILES string of the molecule is COc1ccc(C2CN(C(=O)c3ccc(OC)cc3OC)Cc3[nH]cnc32)cc1.O=CO. The molecule has 1 amide bonds. The molecule has 1 aliphatic heterocycles. The number of ether oxygens (including phenoxy) is 3. The minimum atomic E-state index is -0.250. The molecule has 0 fully saturated rings. The number of carboxylic acid groups (broad SMARTS) is 1. The Labute approximate surface area is 185 Å². The van der Waals surface area contributed by atoms with E-state index in [2.05, 4.69) is 9.97 Å². The van der Waals surface area contributed by atoms with Crippen molar-refractivity contribution >= 4 is 12.4 Å². The molecule has 4 rings (SSSR count). The van der Waals surface area contributed by atoms with Crippen LogP contribution < -0.4 is 14.2 Å². The van der Waals surface area contributed by atoms with E-state index in [-0.39, 0.29) is 18.3 Å². The number of benzene rings is 2. The van der Waals surface area contributed by atoms with Gasteiger partial charge in [-0.05, 0) is 29.8 Å². The molecule has 1 aromatic heterocycles. The van der Waals surface area contributed by atoms with Crippen molar-refractivity contribution in [3.8, 4) is 17.2 Å². The highest BCUT2D eigenvalue weighted by molar-refractivity contribution is 5.97. The Bertz CT molecular complexity index is 1060. The molecule has 1 atom stereocenters. The zero-order valence-corrected chi connectivity index (χ0v) is 18.1. The van der Waals surface area contributed by atoms with E-state index in [1.807, 2.05) is 29.2 Å². The number of hydrogen-bond acceptors (Lipinski definition) is 6. The van der Waals surface area contributed by atoms with Gasteiger partial charge in [-0.15, -0.1) is 0 Å². The fourth-order valence-corrected chi connectivity index (χ4v) is 3.72. The van der Waals surface area contributed by atoms with E-state index in [1.54, 1.807) is 45.9 Å². The van der Waals surface area contributed by atoms with Crippen LogP contribution in [0.1, 0.15) is 33.2 Å². The maximum atomic E-state index is 13.3. The molecular formula is C23H25N3O6. The molecule has 0 aliphatic carbocycles. The van der Waals surface area contributed by atoms with Gasteiger partial charge in [0.1, 0.15) is 17.2 Å². The number of imidazole rings is 1. The molecule has 3 aromatic rings. The maximum Gasteiger partial charge on any atom is 0.290 e. The maximum absolute atomic E-state index is 13.3. The summed E-state index contributed by atoms with van der Waals surface area (Å²) < 4.78 is 15.9. The zero-order valence-electron chi connectivity index (χ0n) is 18.1. The van der Waals surface area contributed by atoms with E-state index in [4.69, 9.17) is 24.1 Å². The number of fused-ring (bicyclic) bond motifs is 1. The average molecular weight is 439 g/mol. The summed E-state index contributed by atoms with van der Waals surface area (Å²) in [4.78, 5) is 31.2. The number of carbonyl (C=O) groups excluding carboxylic acids is 1. The van der Waals surface area contributed by atoms with Crippen LogP contribution in [0.5, 0.6) is 17.2 Å². The van der Waals surface area contributed by atoms with Crippen LogP contribution in [0.4, 0.5) is 0 Å². The van der Waals surface area contributed by atoms with Crippen molar-refractivity contribution in [2.75, 3.05) is 27.9 Å². The van der Waals surface area contributed by atoms with E-state index in [0.717, 1.165) is 22.7 Å². The van der Waals surface area contributed by atoms with Crippen LogP contribution in [-0.4, -0.2) is 60.2 Å². The van der Waals surface area contributed by atoms with Gasteiger partial charge in [-0.25, -0.2) is 4.98 Å². The van der Waals surface area contributed by atoms with E-state index in [0.29, 0.717) is 30.2 Å². The quantitative estimate of drug-likeness (QED) is 0.588. The Morgan fingerprint density at radius 3 is 2.38 bits per heavy atom. The summed E-state index contributed by atoms with van der Waals surface area (Å²) >= 11 is 0. The van der Waals surface area contributed by atoms with Crippen LogP contribution in [0, 0.1) is 0 Å². The molecule has 0 bridgehead atoms. The summed E-state index contributed by atoms with van der Waals surface area (Å²) in [6, 6.07) is 13.1. The van der Waals surface area contributed by atoms with Crippen LogP contribution in [0.25, 0.3) is 0 Å². The summed E-state index contributed by atoms with van der Waals surface area (Å²) in [5.74, 6) is 1.81. The van der Waals surface area contributed by atoms with Gasteiger partial charge in [0.2, 0.25) is 0 Å². The van der Waals surface area contributed by atoms with Crippen LogP contribution in [0.15, 0.2) is 48.8 Å². The fourth-order valence-electron chi connectivity index (χ4n) is 3.72. The molecule has 0 radical (unpaired) electrons. The minimum absolute atomic E-state index is 0.0240. The van der Waals surface area contributed by atoms with E-state index in [9.17, 15) is 4.79 Å².